The van der Waals surface area contributed by atoms with E-state index in [1.165, 1.54) is 5.56 Å². The van der Waals surface area contributed by atoms with Crippen LogP contribution in [0.2, 0.25) is 5.02 Å². The molecule has 2 aromatic rings. The first-order valence-corrected chi connectivity index (χ1v) is 7.69. The maximum Gasteiger partial charge on any atom is 0.238 e. The third kappa shape index (κ3) is 4.58. The lowest BCUT2D eigenvalue weighted by Gasteiger charge is -2.15. The summed E-state index contributed by atoms with van der Waals surface area (Å²) in [6, 6.07) is 13.7. The van der Waals surface area contributed by atoms with Crippen molar-refractivity contribution in [2.45, 2.75) is 26.8 Å². The van der Waals surface area contributed by atoms with E-state index in [1.54, 1.807) is 0 Å². The molecule has 22 heavy (non-hydrogen) atoms. The molecule has 1 amide bonds. The molecule has 116 valence electrons. The Morgan fingerprint density at radius 2 is 1.82 bits per heavy atom. The van der Waals surface area contributed by atoms with Crippen LogP contribution in [-0.2, 0) is 4.79 Å². The van der Waals surface area contributed by atoms with Gasteiger partial charge in [-0.1, -0.05) is 41.4 Å². The Kier molecular flexibility index (Phi) is 5.58. The second kappa shape index (κ2) is 7.43. The predicted octanol–water partition coefficient (Wildman–Crippen LogP) is 4.25. The summed E-state index contributed by atoms with van der Waals surface area (Å²) in [5.41, 5.74) is 4.21. The number of carbonyl (C=O) groups is 1. The third-order valence-corrected chi connectivity index (χ3v) is 3.85. The molecule has 0 aliphatic carbocycles. The van der Waals surface area contributed by atoms with E-state index in [0.29, 0.717) is 5.02 Å². The van der Waals surface area contributed by atoms with E-state index >= 15 is 0 Å². The highest BCUT2D eigenvalue weighted by Crippen LogP contribution is 2.17. The molecule has 0 unspecified atom stereocenters. The first-order valence-electron chi connectivity index (χ1n) is 7.31. The molecule has 3 nitrogen and oxygen atoms in total. The molecule has 0 saturated heterocycles. The van der Waals surface area contributed by atoms with Crippen LogP contribution in [-0.4, -0.2) is 12.5 Å². The Morgan fingerprint density at radius 3 is 2.45 bits per heavy atom. The van der Waals surface area contributed by atoms with Gasteiger partial charge >= 0.3 is 0 Å². The monoisotopic (exact) mass is 316 g/mol. The largest absolute Gasteiger partial charge is 0.325 e. The van der Waals surface area contributed by atoms with Crippen molar-refractivity contribution >= 4 is 23.2 Å². The van der Waals surface area contributed by atoms with E-state index in [4.69, 9.17) is 11.6 Å². The molecule has 4 heteroatoms. The van der Waals surface area contributed by atoms with Crippen LogP contribution in [0.3, 0.4) is 0 Å². The van der Waals surface area contributed by atoms with Crippen LogP contribution in [0.25, 0.3) is 0 Å². The highest BCUT2D eigenvalue weighted by Gasteiger charge is 2.09. The molecule has 2 N–H and O–H groups in total. The molecule has 2 aromatic carbocycles. The summed E-state index contributed by atoms with van der Waals surface area (Å²) in [6.07, 6.45) is 0. The summed E-state index contributed by atoms with van der Waals surface area (Å²) in [5, 5.41) is 6.86. The Bertz CT molecular complexity index is 653. The van der Waals surface area contributed by atoms with Gasteiger partial charge in [0.2, 0.25) is 5.91 Å². The topological polar surface area (TPSA) is 41.1 Å². The number of hydrogen-bond donors (Lipinski definition) is 2. The minimum atomic E-state index is -0.0484. The van der Waals surface area contributed by atoms with Crippen LogP contribution in [0.5, 0.6) is 0 Å². The Hall–Kier alpha value is -1.84. The fraction of sp³-hybridized carbons (Fsp3) is 0.278. The molecule has 0 radical (unpaired) electrons. The SMILES string of the molecule is Cc1ccc(NC(=O)CN[C@H](C)c2ccc(Cl)cc2)c(C)c1. The quantitative estimate of drug-likeness (QED) is 0.866. The standard InChI is InChI=1S/C18H21ClN2O/c1-12-4-9-17(13(2)10-12)21-18(22)11-20-14(3)15-5-7-16(19)8-6-15/h4-10,14,20H,11H2,1-3H3,(H,21,22)/t14-/m1/s1. The van der Waals surface area contributed by atoms with Gasteiger partial charge in [0.1, 0.15) is 0 Å². The molecular formula is C18H21ClN2O. The number of carbonyl (C=O) groups excluding carboxylic acids is 1. The van der Waals surface area contributed by atoms with Gasteiger partial charge in [-0.15, -0.1) is 0 Å². The normalized spacial score (nSPS) is 12.0. The minimum absolute atomic E-state index is 0.0484. The molecule has 0 aromatic heterocycles. The van der Waals surface area contributed by atoms with Crippen molar-refractivity contribution in [3.63, 3.8) is 0 Å². The zero-order chi connectivity index (χ0) is 16.1. The number of halogens is 1. The highest BCUT2D eigenvalue weighted by molar-refractivity contribution is 6.30. The van der Waals surface area contributed by atoms with Gasteiger partial charge in [-0.05, 0) is 50.1 Å². The zero-order valence-electron chi connectivity index (χ0n) is 13.1. The van der Waals surface area contributed by atoms with Crippen molar-refractivity contribution in [2.24, 2.45) is 0 Å². The Labute approximate surface area is 136 Å². The van der Waals surface area contributed by atoms with E-state index in [-0.39, 0.29) is 18.5 Å². The molecule has 0 saturated carbocycles. The molecule has 0 bridgehead atoms. The van der Waals surface area contributed by atoms with Crippen molar-refractivity contribution in [2.75, 3.05) is 11.9 Å². The molecule has 0 spiro atoms. The maximum absolute atomic E-state index is 12.0. The van der Waals surface area contributed by atoms with E-state index in [0.717, 1.165) is 16.8 Å². The predicted molar refractivity (Wildman–Crippen MR) is 92.4 cm³/mol. The molecule has 1 atom stereocenters. The fourth-order valence-electron chi connectivity index (χ4n) is 2.26. The van der Waals surface area contributed by atoms with Gasteiger partial charge in [0, 0.05) is 16.8 Å². The lowest BCUT2D eigenvalue weighted by molar-refractivity contribution is -0.115. The molecule has 0 aliphatic heterocycles. The van der Waals surface area contributed by atoms with Crippen LogP contribution in [0.15, 0.2) is 42.5 Å². The van der Waals surface area contributed by atoms with Crippen molar-refractivity contribution in [3.8, 4) is 0 Å². The van der Waals surface area contributed by atoms with Crippen LogP contribution in [0, 0.1) is 13.8 Å². The van der Waals surface area contributed by atoms with E-state index < -0.39 is 0 Å². The highest BCUT2D eigenvalue weighted by atomic mass is 35.5. The molecule has 0 heterocycles. The van der Waals surface area contributed by atoms with Crippen molar-refractivity contribution < 1.29 is 4.79 Å². The van der Waals surface area contributed by atoms with Gasteiger partial charge in [-0.25, -0.2) is 0 Å². The van der Waals surface area contributed by atoms with Gasteiger partial charge < -0.3 is 10.6 Å². The van der Waals surface area contributed by atoms with Gasteiger partial charge in [-0.3, -0.25) is 4.79 Å². The Balaban J connectivity index is 1.88. The lowest BCUT2D eigenvalue weighted by atomic mass is 10.1. The average Bonchev–Trinajstić information content (AvgIpc) is 2.48. The second-order valence-electron chi connectivity index (χ2n) is 5.52. The van der Waals surface area contributed by atoms with Crippen molar-refractivity contribution in [1.82, 2.24) is 5.32 Å². The maximum atomic E-state index is 12.0. The van der Waals surface area contributed by atoms with Crippen LogP contribution in [0.1, 0.15) is 29.7 Å². The van der Waals surface area contributed by atoms with Crippen LogP contribution < -0.4 is 10.6 Å². The minimum Gasteiger partial charge on any atom is -0.325 e. The number of anilines is 1. The van der Waals surface area contributed by atoms with E-state index in [2.05, 4.69) is 16.7 Å². The summed E-state index contributed by atoms with van der Waals surface area (Å²) in [7, 11) is 0. The number of hydrogen-bond acceptors (Lipinski definition) is 2. The van der Waals surface area contributed by atoms with Crippen LogP contribution >= 0.6 is 11.6 Å². The summed E-state index contributed by atoms with van der Waals surface area (Å²) >= 11 is 5.88. The third-order valence-electron chi connectivity index (χ3n) is 3.59. The number of amides is 1. The van der Waals surface area contributed by atoms with Gasteiger partial charge in [0.15, 0.2) is 0 Å². The lowest BCUT2D eigenvalue weighted by Crippen LogP contribution is -2.30. The van der Waals surface area contributed by atoms with Gasteiger partial charge in [0.25, 0.3) is 0 Å². The second-order valence-corrected chi connectivity index (χ2v) is 5.96. The number of nitrogens with one attached hydrogen (secondary N) is 2. The summed E-state index contributed by atoms with van der Waals surface area (Å²) in [6.45, 7) is 6.31. The van der Waals surface area contributed by atoms with Crippen LogP contribution in [0.4, 0.5) is 5.69 Å². The number of aryl methyl sites for hydroxylation is 2. The smallest absolute Gasteiger partial charge is 0.238 e. The van der Waals surface area contributed by atoms with Gasteiger partial charge in [0.05, 0.1) is 6.54 Å². The first-order chi connectivity index (χ1) is 10.5. The molecule has 2 rings (SSSR count). The van der Waals surface area contributed by atoms with E-state index in [1.807, 2.05) is 57.2 Å². The van der Waals surface area contributed by atoms with Crippen molar-refractivity contribution in [1.29, 1.82) is 0 Å². The molecular weight excluding hydrogens is 296 g/mol. The van der Waals surface area contributed by atoms with Crippen molar-refractivity contribution in [3.05, 3.63) is 64.2 Å². The molecule has 0 fully saturated rings. The number of benzene rings is 2. The van der Waals surface area contributed by atoms with E-state index in [9.17, 15) is 4.79 Å². The number of rotatable bonds is 5. The van der Waals surface area contributed by atoms with Gasteiger partial charge in [-0.2, -0.15) is 0 Å². The fourth-order valence-corrected chi connectivity index (χ4v) is 2.39. The average molecular weight is 317 g/mol. The zero-order valence-corrected chi connectivity index (χ0v) is 13.9. The summed E-state index contributed by atoms with van der Waals surface area (Å²) in [4.78, 5) is 12.0. The Morgan fingerprint density at radius 1 is 1.14 bits per heavy atom. The summed E-state index contributed by atoms with van der Waals surface area (Å²) in [5.74, 6) is -0.0484. The summed E-state index contributed by atoms with van der Waals surface area (Å²) < 4.78 is 0. The molecule has 0 aliphatic rings. The first kappa shape index (κ1) is 16.5.